The second-order valence-electron chi connectivity index (χ2n) is 3.90. The number of hydrogen-bond acceptors (Lipinski definition) is 3. The number of aliphatic carboxylic acids is 1. The quantitative estimate of drug-likeness (QED) is 0.808. The fourth-order valence-corrected chi connectivity index (χ4v) is 2.85. The molecule has 1 rings (SSSR count). The van der Waals surface area contributed by atoms with Gasteiger partial charge in [0.25, 0.3) is 10.0 Å². The van der Waals surface area contributed by atoms with E-state index in [9.17, 15) is 22.0 Å². The molecule has 1 fully saturated rings. The van der Waals surface area contributed by atoms with Crippen molar-refractivity contribution in [2.45, 2.75) is 31.6 Å². The summed E-state index contributed by atoms with van der Waals surface area (Å²) in [6, 6.07) is -1.37. The maximum atomic E-state index is 12.3. The van der Waals surface area contributed by atoms with E-state index in [1.807, 2.05) is 0 Å². The Bertz CT molecular complexity index is 370. The molecule has 1 heterocycles. The van der Waals surface area contributed by atoms with E-state index < -0.39 is 27.8 Å². The van der Waals surface area contributed by atoms with Gasteiger partial charge in [-0.1, -0.05) is 6.92 Å². The third-order valence-electron chi connectivity index (χ3n) is 2.65. The van der Waals surface area contributed by atoms with Gasteiger partial charge in [0.2, 0.25) is 0 Å². The van der Waals surface area contributed by atoms with Gasteiger partial charge in [0.1, 0.15) is 6.04 Å². The average molecular weight is 257 g/mol. The number of piperidine rings is 1. The molecule has 0 aromatic rings. The molecule has 2 atom stereocenters. The first-order valence-corrected chi connectivity index (χ1v) is 6.28. The number of alkyl halides is 2. The Hall–Kier alpha value is -0.760. The highest BCUT2D eigenvalue weighted by molar-refractivity contribution is 7.89. The van der Waals surface area contributed by atoms with Crippen molar-refractivity contribution in [2.24, 2.45) is 5.92 Å². The van der Waals surface area contributed by atoms with E-state index in [4.69, 9.17) is 5.11 Å². The van der Waals surface area contributed by atoms with Crippen LogP contribution in [-0.2, 0) is 14.8 Å². The zero-order valence-corrected chi connectivity index (χ0v) is 9.45. The molecule has 8 heteroatoms. The Morgan fingerprint density at radius 3 is 2.50 bits per heavy atom. The molecule has 5 nitrogen and oxygen atoms in total. The summed E-state index contributed by atoms with van der Waals surface area (Å²) in [7, 11) is -4.80. The lowest BCUT2D eigenvalue weighted by Crippen LogP contribution is -2.51. The van der Waals surface area contributed by atoms with Crippen molar-refractivity contribution in [3.63, 3.8) is 0 Å². The van der Waals surface area contributed by atoms with Crippen molar-refractivity contribution >= 4 is 16.0 Å². The lowest BCUT2D eigenvalue weighted by atomic mass is 9.94. The van der Waals surface area contributed by atoms with Gasteiger partial charge < -0.3 is 5.11 Å². The van der Waals surface area contributed by atoms with Crippen molar-refractivity contribution in [1.82, 2.24) is 4.31 Å². The van der Waals surface area contributed by atoms with Gasteiger partial charge >= 0.3 is 11.7 Å². The van der Waals surface area contributed by atoms with Crippen molar-refractivity contribution in [3.05, 3.63) is 0 Å². The molecule has 0 aromatic carbocycles. The van der Waals surface area contributed by atoms with Crippen LogP contribution in [0.5, 0.6) is 0 Å². The van der Waals surface area contributed by atoms with Crippen LogP contribution >= 0.6 is 0 Å². The predicted molar refractivity (Wildman–Crippen MR) is 51.5 cm³/mol. The Morgan fingerprint density at radius 2 is 2.06 bits per heavy atom. The van der Waals surface area contributed by atoms with Crippen LogP contribution < -0.4 is 0 Å². The Labute approximate surface area is 92.1 Å². The average Bonchev–Trinajstić information content (AvgIpc) is 2.16. The van der Waals surface area contributed by atoms with E-state index in [2.05, 4.69) is 0 Å². The van der Waals surface area contributed by atoms with E-state index in [-0.39, 0.29) is 18.9 Å². The molecule has 0 amide bonds. The molecule has 1 aliphatic heterocycles. The van der Waals surface area contributed by atoms with Crippen LogP contribution in [-0.4, -0.2) is 42.1 Å². The molecule has 0 aromatic heterocycles. The molecular weight excluding hydrogens is 244 g/mol. The first-order valence-electron chi connectivity index (χ1n) is 4.78. The smallest absolute Gasteiger partial charge is 0.350 e. The van der Waals surface area contributed by atoms with Crippen LogP contribution in [0.4, 0.5) is 8.78 Å². The maximum absolute atomic E-state index is 12.3. The lowest BCUT2D eigenvalue weighted by molar-refractivity contribution is -0.143. The molecule has 0 saturated carbocycles. The molecule has 0 aliphatic carbocycles. The van der Waals surface area contributed by atoms with Crippen molar-refractivity contribution in [1.29, 1.82) is 0 Å². The van der Waals surface area contributed by atoms with Crippen LogP contribution in [0.25, 0.3) is 0 Å². The van der Waals surface area contributed by atoms with Crippen LogP contribution in [0.3, 0.4) is 0 Å². The van der Waals surface area contributed by atoms with Crippen molar-refractivity contribution in [3.8, 4) is 0 Å². The van der Waals surface area contributed by atoms with E-state index >= 15 is 0 Å². The second-order valence-corrected chi connectivity index (χ2v) is 5.76. The fourth-order valence-electron chi connectivity index (χ4n) is 1.75. The predicted octanol–water partition coefficient (Wildman–Crippen LogP) is 0.724. The number of halogens is 2. The van der Waals surface area contributed by atoms with Gasteiger partial charge in [-0.05, 0) is 18.8 Å². The van der Waals surface area contributed by atoms with Crippen LogP contribution in [0.2, 0.25) is 0 Å². The monoisotopic (exact) mass is 257 g/mol. The van der Waals surface area contributed by atoms with Gasteiger partial charge in [-0.25, -0.2) is 8.42 Å². The molecule has 16 heavy (non-hydrogen) atoms. The number of rotatable bonds is 3. The largest absolute Gasteiger partial charge is 0.480 e. The van der Waals surface area contributed by atoms with Gasteiger partial charge in [-0.2, -0.15) is 13.1 Å². The maximum Gasteiger partial charge on any atom is 0.350 e. The molecular formula is C8H13F2NO4S. The minimum Gasteiger partial charge on any atom is -0.480 e. The number of sulfonamides is 1. The highest BCUT2D eigenvalue weighted by atomic mass is 32.2. The number of carboxylic acid groups (broad SMARTS) is 1. The van der Waals surface area contributed by atoms with Gasteiger partial charge in [0, 0.05) is 6.54 Å². The molecule has 1 aliphatic rings. The van der Waals surface area contributed by atoms with Gasteiger partial charge in [0.15, 0.2) is 0 Å². The van der Waals surface area contributed by atoms with Gasteiger partial charge in [-0.15, -0.1) is 0 Å². The number of nitrogens with zero attached hydrogens (tertiary/aromatic N) is 1. The lowest BCUT2D eigenvalue weighted by Gasteiger charge is -2.34. The first kappa shape index (κ1) is 13.3. The Balaban J connectivity index is 2.98. The van der Waals surface area contributed by atoms with Gasteiger partial charge in [0.05, 0.1) is 0 Å². The SMILES string of the molecule is CC1CCN(S(=O)(=O)C(F)F)C(C(=O)O)C1. The first-order chi connectivity index (χ1) is 7.26. The van der Waals surface area contributed by atoms with Crippen LogP contribution in [0, 0.1) is 5.92 Å². The van der Waals surface area contributed by atoms with Gasteiger partial charge in [-0.3, -0.25) is 4.79 Å². The summed E-state index contributed by atoms with van der Waals surface area (Å²) in [6.45, 7) is 1.60. The normalized spacial score (nSPS) is 28.2. The van der Waals surface area contributed by atoms with E-state index in [1.165, 1.54) is 0 Å². The molecule has 1 saturated heterocycles. The Morgan fingerprint density at radius 1 is 1.50 bits per heavy atom. The zero-order valence-electron chi connectivity index (χ0n) is 8.64. The van der Waals surface area contributed by atoms with E-state index in [0.29, 0.717) is 10.7 Å². The summed E-state index contributed by atoms with van der Waals surface area (Å²) in [5, 5.41) is 8.82. The molecule has 94 valence electrons. The minimum atomic E-state index is -4.80. The number of carbonyl (C=O) groups is 1. The molecule has 1 N–H and O–H groups in total. The number of hydrogen-bond donors (Lipinski definition) is 1. The highest BCUT2D eigenvalue weighted by Crippen LogP contribution is 2.27. The molecule has 2 unspecified atom stereocenters. The van der Waals surface area contributed by atoms with Crippen LogP contribution in [0.1, 0.15) is 19.8 Å². The summed E-state index contributed by atoms with van der Waals surface area (Å²) >= 11 is 0. The molecule has 0 radical (unpaired) electrons. The molecule has 0 spiro atoms. The molecule has 0 bridgehead atoms. The summed E-state index contributed by atoms with van der Waals surface area (Å²) in [4.78, 5) is 10.8. The number of carboxylic acids is 1. The summed E-state index contributed by atoms with van der Waals surface area (Å²) < 4.78 is 47.5. The van der Waals surface area contributed by atoms with Crippen LogP contribution in [0.15, 0.2) is 0 Å². The summed E-state index contributed by atoms with van der Waals surface area (Å²) in [6.07, 6.45) is 0.469. The Kier molecular flexibility index (Phi) is 3.84. The van der Waals surface area contributed by atoms with E-state index in [1.54, 1.807) is 6.92 Å². The zero-order chi connectivity index (χ0) is 12.5. The standard InChI is InChI=1S/C8H13F2NO4S/c1-5-2-3-11(6(4-5)7(12)13)16(14,15)8(9)10/h5-6,8H,2-4H2,1H3,(H,12,13). The fraction of sp³-hybridized carbons (Fsp3) is 0.875. The summed E-state index contributed by atoms with van der Waals surface area (Å²) in [5.41, 5.74) is 0. The third-order valence-corrected chi connectivity index (χ3v) is 4.19. The van der Waals surface area contributed by atoms with Crippen molar-refractivity contribution in [2.75, 3.05) is 6.54 Å². The highest BCUT2D eigenvalue weighted by Gasteiger charge is 2.43. The minimum absolute atomic E-state index is 0.0187. The topological polar surface area (TPSA) is 74.7 Å². The van der Waals surface area contributed by atoms with Crippen molar-refractivity contribution < 1.29 is 27.1 Å². The third kappa shape index (κ3) is 2.49. The second kappa shape index (κ2) is 4.62. The van der Waals surface area contributed by atoms with E-state index in [0.717, 1.165) is 0 Å². The summed E-state index contributed by atoms with van der Waals surface area (Å²) in [5.74, 6) is -4.93.